The van der Waals surface area contributed by atoms with Crippen LogP contribution in [0.2, 0.25) is 0 Å². The molecule has 118 valence electrons. The first-order valence-electron chi connectivity index (χ1n) is 6.87. The molecule has 0 aromatic heterocycles. The maximum atomic E-state index is 12.3. The van der Waals surface area contributed by atoms with E-state index >= 15 is 0 Å². The van der Waals surface area contributed by atoms with Crippen LogP contribution in [0.5, 0.6) is 17.2 Å². The van der Waals surface area contributed by atoms with Crippen LogP contribution in [-0.2, 0) is 0 Å². The Balaban J connectivity index is 3.04. The largest absolute Gasteiger partial charge is 0.493 e. The van der Waals surface area contributed by atoms with Gasteiger partial charge in [0.25, 0.3) is 5.91 Å². The molecule has 6 heteroatoms. The maximum absolute atomic E-state index is 12.3. The number of hydrogen-bond donors (Lipinski definition) is 1. The zero-order valence-corrected chi connectivity index (χ0v) is 14.5. The van der Waals surface area contributed by atoms with Gasteiger partial charge in [0, 0.05) is 6.54 Å². The second-order valence-electron chi connectivity index (χ2n) is 4.47. The van der Waals surface area contributed by atoms with Crippen molar-refractivity contribution in [3.05, 3.63) is 16.1 Å². The van der Waals surface area contributed by atoms with Crippen molar-refractivity contribution in [1.82, 2.24) is 5.32 Å². The van der Waals surface area contributed by atoms with Crippen molar-refractivity contribution in [2.24, 2.45) is 0 Å². The van der Waals surface area contributed by atoms with Crippen molar-refractivity contribution >= 4 is 21.8 Å². The molecule has 0 unspecified atom stereocenters. The van der Waals surface area contributed by atoms with Crippen LogP contribution in [0.15, 0.2) is 10.5 Å². The van der Waals surface area contributed by atoms with Gasteiger partial charge in [-0.05, 0) is 28.4 Å². The van der Waals surface area contributed by atoms with Gasteiger partial charge in [-0.25, -0.2) is 0 Å². The molecule has 21 heavy (non-hydrogen) atoms. The normalized spacial score (nSPS) is 10.1. The molecule has 1 amide bonds. The van der Waals surface area contributed by atoms with Gasteiger partial charge in [0.1, 0.15) is 0 Å². The predicted octanol–water partition coefficient (Wildman–Crippen LogP) is 3.39. The number of nitrogens with one attached hydrogen (secondary N) is 1. The first-order chi connectivity index (χ1) is 10.1. The molecule has 0 aliphatic carbocycles. The molecule has 0 saturated heterocycles. The Morgan fingerprint density at radius 3 is 2.33 bits per heavy atom. The fourth-order valence-electron chi connectivity index (χ4n) is 1.96. The van der Waals surface area contributed by atoms with Crippen molar-refractivity contribution in [2.45, 2.75) is 26.2 Å². The van der Waals surface area contributed by atoms with Crippen LogP contribution in [-0.4, -0.2) is 33.8 Å². The van der Waals surface area contributed by atoms with E-state index in [1.165, 1.54) is 21.3 Å². The lowest BCUT2D eigenvalue weighted by Crippen LogP contribution is -2.25. The fourth-order valence-corrected chi connectivity index (χ4v) is 2.59. The average Bonchev–Trinajstić information content (AvgIpc) is 2.50. The third-order valence-corrected chi connectivity index (χ3v) is 3.87. The van der Waals surface area contributed by atoms with Crippen LogP contribution in [0.4, 0.5) is 0 Å². The van der Waals surface area contributed by atoms with Gasteiger partial charge in [-0.1, -0.05) is 19.8 Å². The number of benzene rings is 1. The maximum Gasteiger partial charge on any atom is 0.252 e. The highest BCUT2D eigenvalue weighted by Crippen LogP contribution is 2.44. The molecule has 1 N–H and O–H groups in total. The minimum atomic E-state index is -0.169. The van der Waals surface area contributed by atoms with Crippen molar-refractivity contribution in [3.8, 4) is 17.2 Å². The average molecular weight is 360 g/mol. The minimum Gasteiger partial charge on any atom is -0.493 e. The third kappa shape index (κ3) is 4.27. The van der Waals surface area contributed by atoms with E-state index in [1.807, 2.05) is 0 Å². The van der Waals surface area contributed by atoms with Crippen molar-refractivity contribution < 1.29 is 19.0 Å². The molecule has 0 spiro atoms. The van der Waals surface area contributed by atoms with E-state index in [0.717, 1.165) is 19.3 Å². The van der Waals surface area contributed by atoms with Crippen molar-refractivity contribution in [2.75, 3.05) is 27.9 Å². The number of rotatable bonds is 8. The second kappa shape index (κ2) is 8.77. The zero-order valence-electron chi connectivity index (χ0n) is 12.9. The van der Waals surface area contributed by atoms with Crippen molar-refractivity contribution in [1.29, 1.82) is 0 Å². The molecule has 0 aliphatic rings. The van der Waals surface area contributed by atoms with Crippen LogP contribution in [0.25, 0.3) is 0 Å². The van der Waals surface area contributed by atoms with Crippen LogP contribution in [0, 0.1) is 0 Å². The first-order valence-corrected chi connectivity index (χ1v) is 7.66. The van der Waals surface area contributed by atoms with Gasteiger partial charge >= 0.3 is 0 Å². The van der Waals surface area contributed by atoms with E-state index in [4.69, 9.17) is 14.2 Å². The molecular formula is C15H22BrNO4. The quantitative estimate of drug-likeness (QED) is 0.722. The highest BCUT2D eigenvalue weighted by Gasteiger charge is 2.22. The summed E-state index contributed by atoms with van der Waals surface area (Å²) in [4.78, 5) is 12.3. The summed E-state index contributed by atoms with van der Waals surface area (Å²) < 4.78 is 16.4. The van der Waals surface area contributed by atoms with Gasteiger partial charge in [0.2, 0.25) is 5.75 Å². The molecule has 0 radical (unpaired) electrons. The van der Waals surface area contributed by atoms with Crippen molar-refractivity contribution in [3.63, 3.8) is 0 Å². The van der Waals surface area contributed by atoms with E-state index in [1.54, 1.807) is 6.07 Å². The standard InChI is InChI=1S/C15H22BrNO4/c1-5-6-7-8-17-15(18)10-9-11(19-2)13(20-3)14(21-4)12(10)16/h9H,5-8H2,1-4H3,(H,17,18). The molecule has 0 atom stereocenters. The van der Waals surface area contributed by atoms with E-state index < -0.39 is 0 Å². The Morgan fingerprint density at radius 1 is 1.14 bits per heavy atom. The number of ether oxygens (including phenoxy) is 3. The summed E-state index contributed by atoms with van der Waals surface area (Å²) in [6.07, 6.45) is 3.17. The Labute approximate surface area is 134 Å². The van der Waals surface area contributed by atoms with E-state index in [-0.39, 0.29) is 5.91 Å². The number of halogens is 1. The van der Waals surface area contributed by atoms with Gasteiger partial charge in [-0.15, -0.1) is 0 Å². The summed E-state index contributed by atoms with van der Waals surface area (Å²) in [6, 6.07) is 1.64. The second-order valence-corrected chi connectivity index (χ2v) is 5.26. The van der Waals surface area contributed by atoms with Gasteiger partial charge < -0.3 is 19.5 Å². The molecule has 1 rings (SSSR count). The Hall–Kier alpha value is -1.43. The molecule has 5 nitrogen and oxygen atoms in total. The van der Waals surface area contributed by atoms with Gasteiger partial charge in [0.05, 0.1) is 31.4 Å². The smallest absolute Gasteiger partial charge is 0.252 e. The molecule has 1 aromatic rings. The van der Waals surface area contributed by atoms with E-state index in [0.29, 0.717) is 33.8 Å². The Morgan fingerprint density at radius 2 is 1.81 bits per heavy atom. The van der Waals surface area contributed by atoms with E-state index in [9.17, 15) is 4.79 Å². The van der Waals surface area contributed by atoms with Crippen LogP contribution in [0.3, 0.4) is 0 Å². The highest BCUT2D eigenvalue weighted by molar-refractivity contribution is 9.10. The lowest BCUT2D eigenvalue weighted by Gasteiger charge is -2.16. The highest BCUT2D eigenvalue weighted by atomic mass is 79.9. The lowest BCUT2D eigenvalue weighted by molar-refractivity contribution is 0.0951. The summed E-state index contributed by atoms with van der Waals surface area (Å²) >= 11 is 3.40. The Kier molecular flexibility index (Phi) is 7.36. The summed E-state index contributed by atoms with van der Waals surface area (Å²) in [5.41, 5.74) is 0.459. The number of unbranched alkanes of at least 4 members (excludes halogenated alkanes) is 2. The van der Waals surface area contributed by atoms with Gasteiger partial charge in [0.15, 0.2) is 11.5 Å². The van der Waals surface area contributed by atoms with Crippen LogP contribution < -0.4 is 19.5 Å². The lowest BCUT2D eigenvalue weighted by atomic mass is 10.1. The number of carbonyl (C=O) groups excluding carboxylic acids is 1. The first kappa shape index (κ1) is 17.6. The monoisotopic (exact) mass is 359 g/mol. The molecule has 0 aliphatic heterocycles. The summed E-state index contributed by atoms with van der Waals surface area (Å²) in [5, 5.41) is 2.89. The zero-order chi connectivity index (χ0) is 15.8. The molecular weight excluding hydrogens is 338 g/mol. The number of carbonyl (C=O) groups is 1. The fraction of sp³-hybridized carbons (Fsp3) is 0.533. The van der Waals surface area contributed by atoms with Crippen LogP contribution in [0.1, 0.15) is 36.5 Å². The third-order valence-electron chi connectivity index (χ3n) is 3.08. The molecule has 0 fully saturated rings. The molecule has 0 saturated carbocycles. The number of amides is 1. The summed E-state index contributed by atoms with van der Waals surface area (Å²) in [5.74, 6) is 1.18. The van der Waals surface area contributed by atoms with Gasteiger partial charge in [-0.2, -0.15) is 0 Å². The minimum absolute atomic E-state index is 0.169. The van der Waals surface area contributed by atoms with E-state index in [2.05, 4.69) is 28.2 Å². The number of hydrogen-bond acceptors (Lipinski definition) is 4. The molecule has 0 heterocycles. The SMILES string of the molecule is CCCCCNC(=O)c1cc(OC)c(OC)c(OC)c1Br. The molecule has 0 bridgehead atoms. The molecule has 1 aromatic carbocycles. The predicted molar refractivity (Wildman–Crippen MR) is 85.7 cm³/mol. The van der Waals surface area contributed by atoms with Gasteiger partial charge in [-0.3, -0.25) is 4.79 Å². The van der Waals surface area contributed by atoms with Crippen LogP contribution >= 0.6 is 15.9 Å². The summed E-state index contributed by atoms with van der Waals surface area (Å²) in [6.45, 7) is 2.77. The number of methoxy groups -OCH3 is 3. The Bertz CT molecular complexity index is 491. The summed E-state index contributed by atoms with van der Waals surface area (Å²) in [7, 11) is 4.57. The topological polar surface area (TPSA) is 56.8 Å².